The molecular formula is C13H15NO4S. The quantitative estimate of drug-likeness (QED) is 0.823. The van der Waals surface area contributed by atoms with Gasteiger partial charge in [-0.3, -0.25) is 0 Å². The van der Waals surface area contributed by atoms with Crippen molar-refractivity contribution in [2.24, 2.45) is 0 Å². The predicted octanol–water partition coefficient (Wildman–Crippen LogP) is 1.20. The lowest BCUT2D eigenvalue weighted by atomic mass is 10.1. The molecule has 0 saturated carbocycles. The van der Waals surface area contributed by atoms with E-state index < -0.39 is 16.0 Å². The van der Waals surface area contributed by atoms with E-state index >= 15 is 0 Å². The highest BCUT2D eigenvalue weighted by molar-refractivity contribution is 7.89. The third-order valence-electron chi connectivity index (χ3n) is 2.71. The number of carbonyl (C=O) groups is 1. The van der Waals surface area contributed by atoms with Crippen LogP contribution in [0.5, 0.6) is 0 Å². The predicted molar refractivity (Wildman–Crippen MR) is 71.4 cm³/mol. The van der Waals surface area contributed by atoms with Gasteiger partial charge in [0.15, 0.2) is 0 Å². The Morgan fingerprint density at radius 2 is 2.11 bits per heavy atom. The lowest BCUT2D eigenvalue weighted by Crippen LogP contribution is -2.27. The number of carboxylic acids is 1. The Labute approximate surface area is 112 Å². The van der Waals surface area contributed by atoms with Crippen LogP contribution >= 0.6 is 0 Å². The van der Waals surface area contributed by atoms with Crippen LogP contribution in [0.15, 0.2) is 23.1 Å². The number of benzene rings is 1. The number of aryl methyl sites for hydroxylation is 1. The number of carboxylic acid groups (broad SMARTS) is 1. The summed E-state index contributed by atoms with van der Waals surface area (Å²) in [5.74, 6) is 1.09. The minimum Gasteiger partial charge on any atom is -0.478 e. The number of terminal acetylenes is 1. The second-order valence-corrected chi connectivity index (χ2v) is 5.99. The first-order chi connectivity index (χ1) is 8.84. The Balaban J connectivity index is 3.34. The van der Waals surface area contributed by atoms with E-state index in [0.717, 1.165) is 4.31 Å². The number of aromatic carboxylic acids is 1. The molecule has 1 aromatic rings. The van der Waals surface area contributed by atoms with Gasteiger partial charge >= 0.3 is 5.97 Å². The van der Waals surface area contributed by atoms with Crippen LogP contribution in [0.3, 0.4) is 0 Å². The molecule has 0 amide bonds. The van der Waals surface area contributed by atoms with Crippen LogP contribution in [-0.4, -0.2) is 37.4 Å². The molecular weight excluding hydrogens is 266 g/mol. The zero-order valence-corrected chi connectivity index (χ0v) is 11.6. The summed E-state index contributed by atoms with van der Waals surface area (Å²) < 4.78 is 25.3. The standard InChI is InChI=1S/C13H15NO4S/c1-4-8-14(3)19(17,18)11-7-6-10(5-2)12(9-11)13(15)16/h1,6-7,9H,5,8H2,2-3H3,(H,15,16). The largest absolute Gasteiger partial charge is 0.478 e. The molecule has 5 nitrogen and oxygen atoms in total. The van der Waals surface area contributed by atoms with Gasteiger partial charge in [0, 0.05) is 7.05 Å². The lowest BCUT2D eigenvalue weighted by Gasteiger charge is -2.15. The number of nitrogens with zero attached hydrogens (tertiary/aromatic N) is 1. The Bertz CT molecular complexity index is 629. The summed E-state index contributed by atoms with van der Waals surface area (Å²) in [4.78, 5) is 11.0. The Kier molecular flexibility index (Phi) is 4.70. The van der Waals surface area contributed by atoms with Crippen LogP contribution in [0.4, 0.5) is 0 Å². The summed E-state index contributed by atoms with van der Waals surface area (Å²) in [5, 5.41) is 9.09. The van der Waals surface area contributed by atoms with Crippen LogP contribution < -0.4 is 0 Å². The Hall–Kier alpha value is -1.84. The fourth-order valence-electron chi connectivity index (χ4n) is 1.62. The highest BCUT2D eigenvalue weighted by Crippen LogP contribution is 2.19. The third-order valence-corrected chi connectivity index (χ3v) is 4.51. The van der Waals surface area contributed by atoms with E-state index in [1.54, 1.807) is 6.92 Å². The van der Waals surface area contributed by atoms with E-state index in [2.05, 4.69) is 5.92 Å². The maximum absolute atomic E-state index is 12.1. The summed E-state index contributed by atoms with van der Waals surface area (Å²) in [6, 6.07) is 4.08. The van der Waals surface area contributed by atoms with E-state index in [1.807, 2.05) is 0 Å². The normalized spacial score (nSPS) is 11.3. The van der Waals surface area contributed by atoms with E-state index in [-0.39, 0.29) is 17.0 Å². The number of hydrogen-bond donors (Lipinski definition) is 1. The maximum atomic E-state index is 12.1. The van der Waals surface area contributed by atoms with Gasteiger partial charge in [0.25, 0.3) is 0 Å². The van der Waals surface area contributed by atoms with Crippen molar-refractivity contribution in [3.05, 3.63) is 29.3 Å². The average Bonchev–Trinajstić information content (AvgIpc) is 2.38. The molecule has 0 fully saturated rings. The highest BCUT2D eigenvalue weighted by atomic mass is 32.2. The number of sulfonamides is 1. The molecule has 0 bridgehead atoms. The molecule has 19 heavy (non-hydrogen) atoms. The SMILES string of the molecule is C#CCN(C)S(=O)(=O)c1ccc(CC)c(C(=O)O)c1. The van der Waals surface area contributed by atoms with Gasteiger partial charge < -0.3 is 5.11 Å². The van der Waals surface area contributed by atoms with Crippen molar-refractivity contribution in [3.63, 3.8) is 0 Å². The molecule has 0 aliphatic heterocycles. The van der Waals surface area contributed by atoms with Crippen LogP contribution in [0.2, 0.25) is 0 Å². The summed E-state index contributed by atoms with van der Waals surface area (Å²) in [6.07, 6.45) is 5.59. The Morgan fingerprint density at radius 1 is 1.47 bits per heavy atom. The van der Waals surface area contributed by atoms with Gasteiger partial charge in [-0.2, -0.15) is 4.31 Å². The molecule has 0 spiro atoms. The van der Waals surface area contributed by atoms with Gasteiger partial charge in [-0.25, -0.2) is 13.2 Å². The van der Waals surface area contributed by atoms with Crippen molar-refractivity contribution in [2.45, 2.75) is 18.2 Å². The molecule has 102 valence electrons. The second kappa shape index (κ2) is 5.87. The van der Waals surface area contributed by atoms with Crippen molar-refractivity contribution in [1.82, 2.24) is 4.31 Å². The highest BCUT2D eigenvalue weighted by Gasteiger charge is 2.22. The molecule has 0 aromatic heterocycles. The average molecular weight is 281 g/mol. The smallest absolute Gasteiger partial charge is 0.336 e. The summed E-state index contributed by atoms with van der Waals surface area (Å²) in [5.41, 5.74) is 0.587. The molecule has 1 N–H and O–H groups in total. The zero-order chi connectivity index (χ0) is 14.6. The molecule has 1 aromatic carbocycles. The molecule has 6 heteroatoms. The van der Waals surface area contributed by atoms with Crippen LogP contribution in [0.25, 0.3) is 0 Å². The van der Waals surface area contributed by atoms with E-state index in [1.165, 1.54) is 25.2 Å². The molecule has 0 saturated heterocycles. The monoisotopic (exact) mass is 281 g/mol. The first-order valence-electron chi connectivity index (χ1n) is 5.60. The molecule has 0 aliphatic carbocycles. The summed E-state index contributed by atoms with van der Waals surface area (Å²) in [6.45, 7) is 1.74. The third kappa shape index (κ3) is 3.13. The second-order valence-electron chi connectivity index (χ2n) is 3.94. The van der Waals surface area contributed by atoms with Gasteiger partial charge in [-0.15, -0.1) is 6.42 Å². The molecule has 0 atom stereocenters. The topological polar surface area (TPSA) is 74.7 Å². The van der Waals surface area contributed by atoms with Gasteiger partial charge in [0.2, 0.25) is 10.0 Å². The van der Waals surface area contributed by atoms with E-state index in [4.69, 9.17) is 11.5 Å². The minimum absolute atomic E-state index is 0.00215. The van der Waals surface area contributed by atoms with E-state index in [0.29, 0.717) is 12.0 Å². The molecule has 1 rings (SSSR count). The van der Waals surface area contributed by atoms with Crippen molar-refractivity contribution in [1.29, 1.82) is 0 Å². The van der Waals surface area contributed by atoms with Crippen molar-refractivity contribution < 1.29 is 18.3 Å². The Morgan fingerprint density at radius 3 is 2.58 bits per heavy atom. The molecule has 0 unspecified atom stereocenters. The molecule has 0 aliphatic rings. The van der Waals surface area contributed by atoms with Crippen LogP contribution in [0, 0.1) is 12.3 Å². The fourth-order valence-corrected chi connectivity index (χ4v) is 2.73. The van der Waals surface area contributed by atoms with Crippen LogP contribution in [-0.2, 0) is 16.4 Å². The van der Waals surface area contributed by atoms with Crippen molar-refractivity contribution in [2.75, 3.05) is 13.6 Å². The van der Waals surface area contributed by atoms with Gasteiger partial charge in [-0.1, -0.05) is 18.9 Å². The first-order valence-corrected chi connectivity index (χ1v) is 7.04. The van der Waals surface area contributed by atoms with Crippen molar-refractivity contribution >= 4 is 16.0 Å². The van der Waals surface area contributed by atoms with Gasteiger partial charge in [0.1, 0.15) is 0 Å². The number of rotatable bonds is 5. The van der Waals surface area contributed by atoms with E-state index in [9.17, 15) is 13.2 Å². The van der Waals surface area contributed by atoms with Gasteiger partial charge in [0.05, 0.1) is 17.0 Å². The summed E-state index contributed by atoms with van der Waals surface area (Å²) >= 11 is 0. The first kappa shape index (κ1) is 15.2. The van der Waals surface area contributed by atoms with Crippen molar-refractivity contribution in [3.8, 4) is 12.3 Å². The zero-order valence-electron chi connectivity index (χ0n) is 10.8. The fraction of sp³-hybridized carbons (Fsp3) is 0.308. The van der Waals surface area contributed by atoms with Gasteiger partial charge in [-0.05, 0) is 24.1 Å². The summed E-state index contributed by atoms with van der Waals surface area (Å²) in [7, 11) is -2.40. The maximum Gasteiger partial charge on any atom is 0.336 e. The van der Waals surface area contributed by atoms with Crippen LogP contribution in [0.1, 0.15) is 22.8 Å². The lowest BCUT2D eigenvalue weighted by molar-refractivity contribution is 0.0695. The number of hydrogen-bond acceptors (Lipinski definition) is 3. The minimum atomic E-state index is -3.75. The molecule has 0 heterocycles. The molecule has 0 radical (unpaired) electrons.